The van der Waals surface area contributed by atoms with Gasteiger partial charge < -0.3 is 14.7 Å². The third kappa shape index (κ3) is 5.48. The number of aromatic nitrogens is 1. The van der Waals surface area contributed by atoms with Gasteiger partial charge in [0.1, 0.15) is 5.69 Å². The maximum Gasteiger partial charge on any atom is 0.278 e. The van der Waals surface area contributed by atoms with Crippen molar-refractivity contribution < 1.29 is 9.45 Å². The van der Waals surface area contributed by atoms with Crippen LogP contribution in [-0.4, -0.2) is 54.2 Å². The van der Waals surface area contributed by atoms with Gasteiger partial charge in [-0.1, -0.05) is 35.5 Å². The molecule has 0 amide bonds. The van der Waals surface area contributed by atoms with Crippen LogP contribution in [-0.2, 0) is 6.54 Å². The number of nitro benzene ring substituents is 1. The molecule has 4 rings (SSSR count). The lowest BCUT2D eigenvalue weighted by Gasteiger charge is -2.36. The molecule has 1 saturated heterocycles. The van der Waals surface area contributed by atoms with Gasteiger partial charge in [0.05, 0.1) is 17.0 Å². The minimum absolute atomic E-state index is 0.0303. The minimum Gasteiger partial charge on any atom is -0.369 e. The Bertz CT molecular complexity index is 984. The van der Waals surface area contributed by atoms with E-state index in [0.29, 0.717) is 23.6 Å². The van der Waals surface area contributed by atoms with E-state index in [4.69, 9.17) is 4.52 Å². The van der Waals surface area contributed by atoms with E-state index in [0.717, 1.165) is 45.7 Å². The van der Waals surface area contributed by atoms with Crippen molar-refractivity contribution in [1.29, 1.82) is 0 Å². The topological polar surface area (TPSA) is 87.7 Å². The summed E-state index contributed by atoms with van der Waals surface area (Å²) in [6.45, 7) is 6.77. The summed E-state index contributed by atoms with van der Waals surface area (Å²) in [7, 11) is 0. The van der Waals surface area contributed by atoms with Gasteiger partial charge in [-0.2, -0.15) is 0 Å². The molecular formula is C23H27N5O3. The summed E-state index contributed by atoms with van der Waals surface area (Å²) in [4.78, 5) is 15.7. The van der Waals surface area contributed by atoms with Crippen LogP contribution in [0.15, 0.2) is 65.2 Å². The maximum atomic E-state index is 11.2. The number of hydrogen-bond acceptors (Lipinski definition) is 7. The molecule has 31 heavy (non-hydrogen) atoms. The van der Waals surface area contributed by atoms with Crippen molar-refractivity contribution in [1.82, 2.24) is 15.4 Å². The Morgan fingerprint density at radius 2 is 1.77 bits per heavy atom. The van der Waals surface area contributed by atoms with Gasteiger partial charge >= 0.3 is 0 Å². The van der Waals surface area contributed by atoms with Gasteiger partial charge in [-0.25, -0.2) is 0 Å². The highest BCUT2D eigenvalue weighted by molar-refractivity contribution is 5.70. The Kier molecular flexibility index (Phi) is 6.91. The molecule has 0 saturated carbocycles. The zero-order chi connectivity index (χ0) is 21.5. The fraction of sp³-hybridized carbons (Fsp3) is 0.348. The zero-order valence-corrected chi connectivity index (χ0v) is 17.4. The van der Waals surface area contributed by atoms with Gasteiger partial charge in [0.2, 0.25) is 0 Å². The largest absolute Gasteiger partial charge is 0.369 e. The predicted octanol–water partition coefficient (Wildman–Crippen LogP) is 3.55. The molecule has 0 aliphatic carbocycles. The summed E-state index contributed by atoms with van der Waals surface area (Å²) < 4.78 is 5.35. The van der Waals surface area contributed by atoms with Crippen molar-refractivity contribution in [3.63, 3.8) is 0 Å². The van der Waals surface area contributed by atoms with E-state index in [1.54, 1.807) is 24.3 Å². The molecule has 162 valence electrons. The van der Waals surface area contributed by atoms with Crippen LogP contribution >= 0.6 is 0 Å². The first-order valence-corrected chi connectivity index (χ1v) is 10.6. The number of nitrogens with one attached hydrogen (secondary N) is 1. The lowest BCUT2D eigenvalue weighted by Crippen LogP contribution is -2.46. The molecule has 1 fully saturated rings. The van der Waals surface area contributed by atoms with Crippen LogP contribution in [0.5, 0.6) is 0 Å². The number of piperazine rings is 1. The van der Waals surface area contributed by atoms with E-state index >= 15 is 0 Å². The highest BCUT2D eigenvalue weighted by Crippen LogP contribution is 2.28. The molecular weight excluding hydrogens is 394 g/mol. The summed E-state index contributed by atoms with van der Waals surface area (Å²) in [5.41, 5.74) is 2.29. The first-order valence-electron chi connectivity index (χ1n) is 10.6. The van der Waals surface area contributed by atoms with Crippen molar-refractivity contribution in [2.24, 2.45) is 0 Å². The smallest absolute Gasteiger partial charge is 0.278 e. The summed E-state index contributed by atoms with van der Waals surface area (Å²) in [5.74, 6) is 0.671. The van der Waals surface area contributed by atoms with Gasteiger partial charge in [0, 0.05) is 44.0 Å². The molecule has 0 bridgehead atoms. The molecule has 1 aliphatic rings. The second-order valence-corrected chi connectivity index (χ2v) is 7.65. The average Bonchev–Trinajstić information content (AvgIpc) is 3.29. The fourth-order valence-corrected chi connectivity index (χ4v) is 3.88. The predicted molar refractivity (Wildman–Crippen MR) is 120 cm³/mol. The van der Waals surface area contributed by atoms with E-state index in [1.807, 2.05) is 0 Å². The Morgan fingerprint density at radius 3 is 2.55 bits per heavy atom. The second kappa shape index (κ2) is 10.2. The van der Waals surface area contributed by atoms with Crippen LogP contribution in [0.3, 0.4) is 0 Å². The van der Waals surface area contributed by atoms with Gasteiger partial charge in [-0.15, -0.1) is 0 Å². The van der Waals surface area contributed by atoms with Crippen molar-refractivity contribution in [3.05, 3.63) is 76.5 Å². The monoisotopic (exact) mass is 421 g/mol. The van der Waals surface area contributed by atoms with Gasteiger partial charge in [-0.3, -0.25) is 15.0 Å². The molecule has 2 aromatic carbocycles. The van der Waals surface area contributed by atoms with Crippen LogP contribution in [0.25, 0.3) is 11.3 Å². The van der Waals surface area contributed by atoms with Crippen LogP contribution < -0.4 is 10.2 Å². The third-order valence-electron chi connectivity index (χ3n) is 5.56. The Labute approximate surface area is 181 Å². The van der Waals surface area contributed by atoms with Crippen LogP contribution in [0, 0.1) is 10.1 Å². The fourth-order valence-electron chi connectivity index (χ4n) is 3.88. The van der Waals surface area contributed by atoms with Crippen molar-refractivity contribution in [2.75, 3.05) is 44.2 Å². The lowest BCUT2D eigenvalue weighted by molar-refractivity contribution is -0.384. The quantitative estimate of drug-likeness (QED) is 0.321. The standard InChI is InChI=1S/C23H27N5O3/c29-28(30)23-10-5-4-9-21(23)22-17-20(31-25-22)18-24-11-6-12-26-13-15-27(16-14-26)19-7-2-1-3-8-19/h1-5,7-10,17,24H,6,11-16,18H2. The van der Waals surface area contributed by atoms with Crippen LogP contribution in [0.1, 0.15) is 12.2 Å². The first kappa shape index (κ1) is 21.0. The second-order valence-electron chi connectivity index (χ2n) is 7.65. The molecule has 1 N–H and O–H groups in total. The summed E-state index contributed by atoms with van der Waals surface area (Å²) in [6, 6.07) is 18.9. The van der Waals surface area contributed by atoms with Crippen LogP contribution in [0.4, 0.5) is 11.4 Å². The lowest BCUT2D eigenvalue weighted by atomic mass is 10.1. The Balaban J connectivity index is 1.17. The SMILES string of the molecule is O=[N+]([O-])c1ccccc1-c1cc(CNCCCN2CCN(c3ccccc3)CC2)on1. The maximum absolute atomic E-state index is 11.2. The average molecular weight is 422 g/mol. The number of benzene rings is 2. The molecule has 1 aliphatic heterocycles. The van der Waals surface area contributed by atoms with Gasteiger partial charge in [0.15, 0.2) is 5.76 Å². The molecule has 1 aromatic heterocycles. The number of nitrogens with zero attached hydrogens (tertiary/aromatic N) is 4. The van der Waals surface area contributed by atoms with E-state index < -0.39 is 4.92 Å². The molecule has 0 radical (unpaired) electrons. The Morgan fingerprint density at radius 1 is 1.03 bits per heavy atom. The Hall–Kier alpha value is -3.23. The van der Waals surface area contributed by atoms with E-state index in [-0.39, 0.29) is 5.69 Å². The molecule has 0 unspecified atom stereocenters. The molecule has 0 atom stereocenters. The number of para-hydroxylation sites is 2. The normalized spacial score (nSPS) is 14.6. The molecule has 8 nitrogen and oxygen atoms in total. The summed E-state index contributed by atoms with van der Waals surface area (Å²) in [6.07, 6.45) is 1.05. The molecule has 0 spiro atoms. The molecule has 8 heteroatoms. The third-order valence-corrected chi connectivity index (χ3v) is 5.56. The van der Waals surface area contributed by atoms with E-state index in [2.05, 4.69) is 50.6 Å². The molecule has 2 heterocycles. The molecule has 3 aromatic rings. The summed E-state index contributed by atoms with van der Waals surface area (Å²) >= 11 is 0. The number of anilines is 1. The van der Waals surface area contributed by atoms with Crippen molar-refractivity contribution >= 4 is 11.4 Å². The zero-order valence-electron chi connectivity index (χ0n) is 17.4. The number of nitro groups is 1. The van der Waals surface area contributed by atoms with Crippen molar-refractivity contribution in [3.8, 4) is 11.3 Å². The minimum atomic E-state index is -0.401. The van der Waals surface area contributed by atoms with E-state index in [9.17, 15) is 10.1 Å². The van der Waals surface area contributed by atoms with E-state index in [1.165, 1.54) is 11.8 Å². The van der Waals surface area contributed by atoms with Crippen molar-refractivity contribution in [2.45, 2.75) is 13.0 Å². The number of hydrogen-bond donors (Lipinski definition) is 1. The first-order chi connectivity index (χ1) is 15.2. The van der Waals surface area contributed by atoms with Gasteiger partial charge in [-0.05, 0) is 37.7 Å². The van der Waals surface area contributed by atoms with Gasteiger partial charge in [0.25, 0.3) is 5.69 Å². The van der Waals surface area contributed by atoms with Crippen LogP contribution in [0.2, 0.25) is 0 Å². The highest BCUT2D eigenvalue weighted by Gasteiger charge is 2.18. The number of rotatable bonds is 9. The highest BCUT2D eigenvalue weighted by atomic mass is 16.6. The summed E-state index contributed by atoms with van der Waals surface area (Å²) in [5, 5.41) is 18.6.